The molecular formula is C17H25ClFIN6. The number of aliphatic imine (C=N–C) groups is 1. The first kappa shape index (κ1) is 22.6. The van der Waals surface area contributed by atoms with Crippen LogP contribution in [0.15, 0.2) is 23.2 Å². The minimum atomic E-state index is -0.339. The summed E-state index contributed by atoms with van der Waals surface area (Å²) < 4.78 is 15.2. The topological polar surface area (TPSA) is 67.1 Å². The molecule has 0 unspecified atom stereocenters. The van der Waals surface area contributed by atoms with E-state index in [1.54, 1.807) is 13.1 Å². The smallest absolute Gasteiger partial charge is 0.191 e. The molecule has 2 N–H and O–H groups in total. The van der Waals surface area contributed by atoms with E-state index in [0.29, 0.717) is 24.1 Å². The number of halogens is 3. The van der Waals surface area contributed by atoms with Crippen molar-refractivity contribution in [2.45, 2.75) is 32.7 Å². The minimum absolute atomic E-state index is 0. The molecule has 1 aromatic heterocycles. The molecule has 0 atom stereocenters. The van der Waals surface area contributed by atoms with Crippen LogP contribution in [0.1, 0.15) is 31.1 Å². The number of guanidine groups is 1. The van der Waals surface area contributed by atoms with E-state index in [2.05, 4.69) is 25.8 Å². The van der Waals surface area contributed by atoms with Crippen molar-refractivity contribution < 1.29 is 4.39 Å². The van der Waals surface area contributed by atoms with Gasteiger partial charge in [0, 0.05) is 31.1 Å². The fourth-order valence-corrected chi connectivity index (χ4v) is 2.85. The van der Waals surface area contributed by atoms with Gasteiger partial charge in [0.2, 0.25) is 0 Å². The number of aromatic nitrogens is 3. The molecule has 9 heteroatoms. The van der Waals surface area contributed by atoms with Crippen LogP contribution in [0.25, 0.3) is 0 Å². The molecule has 144 valence electrons. The van der Waals surface area contributed by atoms with E-state index in [1.165, 1.54) is 12.1 Å². The third kappa shape index (κ3) is 5.54. The monoisotopic (exact) mass is 494 g/mol. The standard InChI is InChI=1S/C17H24ClFN6.HI/c1-11-23-24-15(25(11)5)9-21-16(20-4)22-10-17(2,3)13-7-6-12(19)8-14(13)18;/h6-8H,9-10H2,1-5H3,(H2,20,21,22);1H. The summed E-state index contributed by atoms with van der Waals surface area (Å²) in [6.07, 6.45) is 0. The van der Waals surface area contributed by atoms with E-state index in [9.17, 15) is 4.39 Å². The van der Waals surface area contributed by atoms with Crippen LogP contribution in [-0.4, -0.2) is 34.3 Å². The van der Waals surface area contributed by atoms with Crippen LogP contribution in [0.2, 0.25) is 5.02 Å². The fraction of sp³-hybridized carbons (Fsp3) is 0.471. The van der Waals surface area contributed by atoms with Crippen molar-refractivity contribution in [1.29, 1.82) is 0 Å². The Balaban J connectivity index is 0.00000338. The summed E-state index contributed by atoms with van der Waals surface area (Å²) in [5.41, 5.74) is 0.575. The second kappa shape index (κ2) is 9.50. The van der Waals surface area contributed by atoms with Gasteiger partial charge in [-0.1, -0.05) is 31.5 Å². The molecule has 0 fully saturated rings. The molecule has 0 amide bonds. The first-order valence-corrected chi connectivity index (χ1v) is 8.37. The maximum atomic E-state index is 13.3. The predicted octanol–water partition coefficient (Wildman–Crippen LogP) is 3.18. The highest BCUT2D eigenvalue weighted by Crippen LogP contribution is 2.29. The number of hydrogen-bond acceptors (Lipinski definition) is 3. The molecule has 2 aromatic rings. The zero-order chi connectivity index (χ0) is 18.6. The number of hydrogen-bond donors (Lipinski definition) is 2. The number of rotatable bonds is 5. The van der Waals surface area contributed by atoms with Crippen molar-refractivity contribution in [2.24, 2.45) is 12.0 Å². The highest BCUT2D eigenvalue weighted by Gasteiger charge is 2.24. The van der Waals surface area contributed by atoms with Gasteiger partial charge in [-0.3, -0.25) is 4.99 Å². The highest BCUT2D eigenvalue weighted by atomic mass is 127. The Hall–Kier alpha value is -1.42. The molecule has 0 saturated heterocycles. The second-order valence-corrected chi connectivity index (χ2v) is 6.92. The Kier molecular flexibility index (Phi) is 8.26. The van der Waals surface area contributed by atoms with Crippen LogP contribution in [0.4, 0.5) is 4.39 Å². The molecular weight excluding hydrogens is 470 g/mol. The Labute approximate surface area is 175 Å². The van der Waals surface area contributed by atoms with Crippen molar-refractivity contribution >= 4 is 41.5 Å². The zero-order valence-corrected chi connectivity index (χ0v) is 18.7. The maximum absolute atomic E-state index is 13.3. The van der Waals surface area contributed by atoms with Gasteiger partial charge in [0.05, 0.1) is 6.54 Å². The average Bonchev–Trinajstić information content (AvgIpc) is 2.86. The summed E-state index contributed by atoms with van der Waals surface area (Å²) >= 11 is 6.19. The zero-order valence-electron chi connectivity index (χ0n) is 15.6. The van der Waals surface area contributed by atoms with Gasteiger partial charge in [0.15, 0.2) is 11.8 Å². The van der Waals surface area contributed by atoms with Crippen LogP contribution in [0.3, 0.4) is 0 Å². The second-order valence-electron chi connectivity index (χ2n) is 6.51. The Bertz CT molecular complexity index is 775. The van der Waals surface area contributed by atoms with Gasteiger partial charge < -0.3 is 15.2 Å². The van der Waals surface area contributed by atoms with E-state index in [-0.39, 0.29) is 35.2 Å². The molecule has 1 aromatic carbocycles. The van der Waals surface area contributed by atoms with Gasteiger partial charge >= 0.3 is 0 Å². The Morgan fingerprint density at radius 1 is 1.31 bits per heavy atom. The molecule has 0 saturated carbocycles. The molecule has 0 aliphatic rings. The molecule has 2 rings (SSSR count). The lowest BCUT2D eigenvalue weighted by Gasteiger charge is -2.27. The SMILES string of the molecule is CN=C(NCc1nnc(C)n1C)NCC(C)(C)c1ccc(F)cc1Cl.I. The van der Waals surface area contributed by atoms with Crippen LogP contribution < -0.4 is 10.6 Å². The van der Waals surface area contributed by atoms with Crippen molar-refractivity contribution in [3.63, 3.8) is 0 Å². The molecule has 26 heavy (non-hydrogen) atoms. The average molecular weight is 495 g/mol. The lowest BCUT2D eigenvalue weighted by molar-refractivity contribution is 0.506. The molecule has 6 nitrogen and oxygen atoms in total. The first-order chi connectivity index (χ1) is 11.7. The van der Waals surface area contributed by atoms with Gasteiger partial charge in [-0.25, -0.2) is 4.39 Å². The quantitative estimate of drug-likeness (QED) is 0.381. The fourth-order valence-electron chi connectivity index (χ4n) is 2.43. The third-order valence-corrected chi connectivity index (χ3v) is 4.49. The molecule has 0 aliphatic heterocycles. The van der Waals surface area contributed by atoms with Crippen LogP contribution in [0, 0.1) is 12.7 Å². The summed E-state index contributed by atoms with van der Waals surface area (Å²) in [5, 5.41) is 15.0. The highest BCUT2D eigenvalue weighted by molar-refractivity contribution is 14.0. The number of benzene rings is 1. The van der Waals surface area contributed by atoms with E-state index in [1.807, 2.05) is 32.4 Å². The first-order valence-electron chi connectivity index (χ1n) is 7.99. The molecule has 0 radical (unpaired) electrons. The van der Waals surface area contributed by atoms with Gasteiger partial charge in [0.25, 0.3) is 0 Å². The summed E-state index contributed by atoms with van der Waals surface area (Å²) in [7, 11) is 3.62. The van der Waals surface area contributed by atoms with E-state index >= 15 is 0 Å². The number of nitrogens with one attached hydrogen (secondary N) is 2. The lowest BCUT2D eigenvalue weighted by Crippen LogP contribution is -2.43. The van der Waals surface area contributed by atoms with Gasteiger partial charge in [-0.15, -0.1) is 34.2 Å². The van der Waals surface area contributed by atoms with E-state index in [0.717, 1.165) is 17.2 Å². The van der Waals surface area contributed by atoms with Crippen molar-refractivity contribution in [3.8, 4) is 0 Å². The molecule has 0 aliphatic carbocycles. The lowest BCUT2D eigenvalue weighted by atomic mass is 9.84. The van der Waals surface area contributed by atoms with Crippen molar-refractivity contribution in [1.82, 2.24) is 25.4 Å². The third-order valence-electron chi connectivity index (χ3n) is 4.18. The Morgan fingerprint density at radius 3 is 2.54 bits per heavy atom. The van der Waals surface area contributed by atoms with Gasteiger partial charge in [-0.2, -0.15) is 0 Å². The predicted molar refractivity (Wildman–Crippen MR) is 114 cm³/mol. The minimum Gasteiger partial charge on any atom is -0.356 e. The number of nitrogens with zero attached hydrogens (tertiary/aromatic N) is 4. The van der Waals surface area contributed by atoms with Crippen molar-refractivity contribution in [3.05, 3.63) is 46.3 Å². The summed E-state index contributed by atoms with van der Waals surface area (Å²) in [5.74, 6) is 1.98. The van der Waals surface area contributed by atoms with Crippen LogP contribution in [-0.2, 0) is 19.0 Å². The molecule has 0 spiro atoms. The molecule has 0 bridgehead atoms. The number of aryl methyl sites for hydroxylation is 1. The van der Waals surface area contributed by atoms with Crippen LogP contribution >= 0.6 is 35.6 Å². The van der Waals surface area contributed by atoms with Gasteiger partial charge in [0.1, 0.15) is 11.6 Å². The largest absolute Gasteiger partial charge is 0.356 e. The van der Waals surface area contributed by atoms with Gasteiger partial charge in [-0.05, 0) is 24.6 Å². The normalized spacial score (nSPS) is 11.9. The van der Waals surface area contributed by atoms with E-state index < -0.39 is 0 Å². The summed E-state index contributed by atoms with van der Waals surface area (Å²) in [6, 6.07) is 4.48. The summed E-state index contributed by atoms with van der Waals surface area (Å²) in [6.45, 7) is 7.07. The summed E-state index contributed by atoms with van der Waals surface area (Å²) in [4.78, 5) is 4.22. The van der Waals surface area contributed by atoms with Crippen LogP contribution in [0.5, 0.6) is 0 Å². The van der Waals surface area contributed by atoms with E-state index in [4.69, 9.17) is 11.6 Å². The maximum Gasteiger partial charge on any atom is 0.191 e. The molecule has 1 heterocycles. The Morgan fingerprint density at radius 2 is 2.00 bits per heavy atom. The van der Waals surface area contributed by atoms with Crippen molar-refractivity contribution in [2.75, 3.05) is 13.6 Å².